The van der Waals surface area contributed by atoms with E-state index >= 15 is 0 Å². The monoisotopic (exact) mass is 386 g/mol. The van der Waals surface area contributed by atoms with Gasteiger partial charge < -0.3 is 14.6 Å². The molecule has 0 aliphatic heterocycles. The minimum Gasteiger partial charge on any atom is -0.481 e. The van der Waals surface area contributed by atoms with E-state index in [4.69, 9.17) is 9.84 Å². The molecule has 0 amide bonds. The number of methoxy groups -OCH3 is 1. The van der Waals surface area contributed by atoms with Crippen molar-refractivity contribution >= 4 is 11.9 Å². The number of hydrogen-bond acceptors (Lipinski definition) is 4. The zero-order valence-corrected chi connectivity index (χ0v) is 17.9. The van der Waals surface area contributed by atoms with Gasteiger partial charge in [0.15, 0.2) is 0 Å². The fourth-order valence-corrected chi connectivity index (χ4v) is 2.61. The van der Waals surface area contributed by atoms with Crippen LogP contribution >= 0.6 is 0 Å². The Morgan fingerprint density at radius 2 is 1.07 bits per heavy atom. The summed E-state index contributed by atoms with van der Waals surface area (Å²) in [5.74, 6) is -0.959. The minimum absolute atomic E-state index is 0.281. The van der Waals surface area contributed by atoms with Gasteiger partial charge in [-0.25, -0.2) is 4.79 Å². The molecule has 5 heteroatoms. The Balaban J connectivity index is 0. The molecule has 0 aromatic carbocycles. The van der Waals surface area contributed by atoms with Gasteiger partial charge in [-0.05, 0) is 19.8 Å². The summed E-state index contributed by atoms with van der Waals surface area (Å²) < 4.78 is 9.30. The average molecular weight is 387 g/mol. The van der Waals surface area contributed by atoms with Gasteiger partial charge >= 0.3 is 11.9 Å². The predicted molar refractivity (Wildman–Crippen MR) is 111 cm³/mol. The van der Waals surface area contributed by atoms with Crippen LogP contribution in [0.15, 0.2) is 12.2 Å². The first-order valence-electron chi connectivity index (χ1n) is 10.4. The summed E-state index contributed by atoms with van der Waals surface area (Å²) in [7, 11) is 3.25. The van der Waals surface area contributed by atoms with Crippen LogP contribution in [0, 0.1) is 0 Å². The summed E-state index contributed by atoms with van der Waals surface area (Å²) >= 11 is 0. The Morgan fingerprint density at radius 1 is 0.741 bits per heavy atom. The summed E-state index contributed by atoms with van der Waals surface area (Å²) in [6.07, 6.45) is 15.6. The second kappa shape index (κ2) is 22.7. The molecule has 27 heavy (non-hydrogen) atoms. The van der Waals surface area contributed by atoms with Crippen molar-refractivity contribution in [3.63, 3.8) is 0 Å². The molecule has 0 spiro atoms. The fourth-order valence-electron chi connectivity index (χ4n) is 2.61. The van der Waals surface area contributed by atoms with E-state index < -0.39 is 5.97 Å². The van der Waals surface area contributed by atoms with Crippen LogP contribution in [-0.4, -0.2) is 37.9 Å². The molecule has 0 aromatic heterocycles. The van der Waals surface area contributed by atoms with Crippen LogP contribution in [0.1, 0.15) is 96.8 Å². The third kappa shape index (κ3) is 27.0. The van der Waals surface area contributed by atoms with Gasteiger partial charge in [0.05, 0.1) is 6.61 Å². The summed E-state index contributed by atoms with van der Waals surface area (Å²) in [6, 6.07) is 0. The lowest BCUT2D eigenvalue weighted by atomic mass is 10.0. The van der Waals surface area contributed by atoms with E-state index in [1.807, 2.05) is 0 Å². The molecular formula is C22H42O5. The number of esters is 1. The maximum Gasteiger partial charge on any atom is 0.333 e. The van der Waals surface area contributed by atoms with Crippen LogP contribution in [0.4, 0.5) is 0 Å². The molecular weight excluding hydrogens is 344 g/mol. The maximum atomic E-state index is 11.2. The second-order valence-electron chi connectivity index (χ2n) is 7.06. The summed E-state index contributed by atoms with van der Waals surface area (Å²) in [6.45, 7) is 5.73. The lowest BCUT2D eigenvalue weighted by molar-refractivity contribution is -0.139. The third-order valence-corrected chi connectivity index (χ3v) is 4.12. The van der Waals surface area contributed by atoms with Crippen LogP contribution in [0.3, 0.4) is 0 Å². The van der Waals surface area contributed by atoms with Crippen LogP contribution in [0.5, 0.6) is 0 Å². The summed E-state index contributed by atoms with van der Waals surface area (Å²) in [5, 5.41) is 8.54. The molecule has 160 valence electrons. The molecule has 0 aliphatic rings. The molecule has 5 nitrogen and oxygen atoms in total. The number of carbonyl (C=O) groups excluding carboxylic acids is 1. The fraction of sp³-hybridized carbons (Fsp3) is 0.818. The van der Waals surface area contributed by atoms with E-state index in [2.05, 4.69) is 11.3 Å². The smallest absolute Gasteiger partial charge is 0.333 e. The van der Waals surface area contributed by atoms with Crippen molar-refractivity contribution in [2.75, 3.05) is 20.8 Å². The van der Waals surface area contributed by atoms with E-state index in [-0.39, 0.29) is 5.97 Å². The van der Waals surface area contributed by atoms with Crippen molar-refractivity contribution in [2.45, 2.75) is 96.8 Å². The highest BCUT2D eigenvalue weighted by Crippen LogP contribution is 2.13. The highest BCUT2D eigenvalue weighted by Gasteiger charge is 2.01. The Kier molecular flexibility index (Phi) is 23.4. The summed E-state index contributed by atoms with van der Waals surface area (Å²) in [5.41, 5.74) is 0.468. The first-order valence-corrected chi connectivity index (χ1v) is 10.4. The number of rotatable bonds is 17. The molecule has 0 unspecified atom stereocenters. The van der Waals surface area contributed by atoms with Crippen molar-refractivity contribution in [3.05, 3.63) is 12.2 Å². The average Bonchev–Trinajstić information content (AvgIpc) is 2.61. The molecule has 0 heterocycles. The maximum absolute atomic E-state index is 11.2. The second-order valence-corrected chi connectivity index (χ2v) is 7.06. The van der Waals surface area contributed by atoms with Crippen LogP contribution in [0.2, 0.25) is 0 Å². The highest BCUT2D eigenvalue weighted by molar-refractivity contribution is 5.86. The van der Waals surface area contributed by atoms with Crippen LogP contribution < -0.4 is 0 Å². The molecule has 0 radical (unpaired) electrons. The molecule has 0 aliphatic carbocycles. The number of hydrogen-bond donors (Lipinski definition) is 1. The molecule has 0 saturated carbocycles. The minimum atomic E-state index is -0.678. The lowest BCUT2D eigenvalue weighted by Crippen LogP contribution is -2.05. The number of carboxylic acids is 1. The van der Waals surface area contributed by atoms with Crippen LogP contribution in [0.25, 0.3) is 0 Å². The first-order chi connectivity index (χ1) is 13.0. The highest BCUT2D eigenvalue weighted by atomic mass is 16.5. The van der Waals surface area contributed by atoms with Gasteiger partial charge in [0.1, 0.15) is 0 Å². The van der Waals surface area contributed by atoms with Crippen molar-refractivity contribution in [1.82, 2.24) is 0 Å². The van der Waals surface area contributed by atoms with E-state index in [0.717, 1.165) is 25.7 Å². The Labute approximate surface area is 166 Å². The molecule has 0 saturated heterocycles. The zero-order valence-electron chi connectivity index (χ0n) is 17.9. The third-order valence-electron chi connectivity index (χ3n) is 4.12. The van der Waals surface area contributed by atoms with E-state index in [1.54, 1.807) is 21.1 Å². The zero-order chi connectivity index (χ0) is 20.8. The number of aliphatic carboxylic acids is 1. The van der Waals surface area contributed by atoms with Crippen molar-refractivity contribution < 1.29 is 24.2 Å². The molecule has 0 aromatic rings. The van der Waals surface area contributed by atoms with Gasteiger partial charge in [-0.2, -0.15) is 0 Å². The molecule has 1 N–H and O–H groups in total. The van der Waals surface area contributed by atoms with Gasteiger partial charge in [-0.1, -0.05) is 77.2 Å². The number of unbranched alkanes of at least 4 members (excludes halogenated alkanes) is 12. The van der Waals surface area contributed by atoms with Crippen LogP contribution in [-0.2, 0) is 19.1 Å². The van der Waals surface area contributed by atoms with Gasteiger partial charge in [0.25, 0.3) is 0 Å². The van der Waals surface area contributed by atoms with Crippen molar-refractivity contribution in [1.29, 1.82) is 0 Å². The topological polar surface area (TPSA) is 72.8 Å². The molecule has 0 bridgehead atoms. The number of carboxylic acid groups (broad SMARTS) is 1. The van der Waals surface area contributed by atoms with E-state index in [0.29, 0.717) is 18.6 Å². The summed E-state index contributed by atoms with van der Waals surface area (Å²) in [4.78, 5) is 21.5. The van der Waals surface area contributed by atoms with E-state index in [1.165, 1.54) is 57.8 Å². The quantitative estimate of drug-likeness (QED) is 0.191. The Bertz CT molecular complexity index is 366. The standard InChI is InChI=1S/C20H36O4.C2H6O/c1-18(2)20(23)24-17-15-13-11-9-7-5-3-4-6-8-10-12-14-16-19(21)22;1-3-2/h1,3-17H2,2H3,(H,21,22);1-2H3. The number of ether oxygens (including phenoxy) is 2. The van der Waals surface area contributed by atoms with Gasteiger partial charge in [0.2, 0.25) is 0 Å². The van der Waals surface area contributed by atoms with Gasteiger partial charge in [-0.15, -0.1) is 0 Å². The van der Waals surface area contributed by atoms with Gasteiger partial charge in [0, 0.05) is 26.2 Å². The molecule has 0 fully saturated rings. The van der Waals surface area contributed by atoms with Crippen molar-refractivity contribution in [3.8, 4) is 0 Å². The molecule has 0 rings (SSSR count). The Hall–Kier alpha value is -1.36. The normalized spacial score (nSPS) is 10.0. The van der Waals surface area contributed by atoms with E-state index in [9.17, 15) is 9.59 Å². The Morgan fingerprint density at radius 3 is 1.41 bits per heavy atom. The predicted octanol–water partition coefficient (Wildman–Crippen LogP) is 5.91. The largest absolute Gasteiger partial charge is 0.481 e. The van der Waals surface area contributed by atoms with Gasteiger partial charge in [-0.3, -0.25) is 4.79 Å². The van der Waals surface area contributed by atoms with Crippen molar-refractivity contribution in [2.24, 2.45) is 0 Å². The number of carbonyl (C=O) groups is 2. The molecule has 0 atom stereocenters. The SMILES string of the molecule is C=C(C)C(=O)OCCCCCCCCCCCCCCCC(=O)O.COC. The lowest BCUT2D eigenvalue weighted by Gasteiger charge is -2.04. The first kappa shape index (κ1) is 27.9.